The standard InChI is InChI=1S/C7H7N3/c8-4-6-2-1-3-7(5-9)10-6/h1-3H,4,8H2. The van der Waals surface area contributed by atoms with Crippen molar-refractivity contribution in [3.63, 3.8) is 0 Å². The highest BCUT2D eigenvalue weighted by atomic mass is 14.7. The number of nitriles is 1. The number of nitrogens with two attached hydrogens (primary N) is 1. The molecule has 0 bridgehead atoms. The molecule has 0 unspecified atom stereocenters. The molecule has 0 spiro atoms. The summed E-state index contributed by atoms with van der Waals surface area (Å²) in [5.41, 5.74) is 6.47. The third kappa shape index (κ3) is 1.30. The van der Waals surface area contributed by atoms with Crippen LogP contribution in [0.3, 0.4) is 0 Å². The number of nitrogens with zero attached hydrogens (tertiary/aromatic N) is 2. The molecule has 50 valence electrons. The molecule has 0 aliphatic rings. The van der Waals surface area contributed by atoms with Crippen molar-refractivity contribution < 1.29 is 0 Å². The average Bonchev–Trinajstić information content (AvgIpc) is 2.05. The highest BCUT2D eigenvalue weighted by molar-refractivity contribution is 5.21. The van der Waals surface area contributed by atoms with E-state index in [0.29, 0.717) is 12.2 Å². The fourth-order valence-electron chi connectivity index (χ4n) is 0.656. The second kappa shape index (κ2) is 2.95. The summed E-state index contributed by atoms with van der Waals surface area (Å²) < 4.78 is 0. The lowest BCUT2D eigenvalue weighted by atomic mass is 10.3. The van der Waals surface area contributed by atoms with E-state index in [1.165, 1.54) is 0 Å². The topological polar surface area (TPSA) is 62.7 Å². The van der Waals surface area contributed by atoms with Gasteiger partial charge in [-0.3, -0.25) is 0 Å². The van der Waals surface area contributed by atoms with Crippen LogP contribution in [0.1, 0.15) is 11.4 Å². The summed E-state index contributed by atoms with van der Waals surface area (Å²) in [6, 6.07) is 7.15. The van der Waals surface area contributed by atoms with Gasteiger partial charge in [0, 0.05) is 6.54 Å². The third-order valence-corrected chi connectivity index (χ3v) is 1.13. The Morgan fingerprint density at radius 1 is 1.60 bits per heavy atom. The molecular formula is C7H7N3. The molecule has 0 fully saturated rings. The van der Waals surface area contributed by atoms with Gasteiger partial charge in [0.25, 0.3) is 0 Å². The lowest BCUT2D eigenvalue weighted by molar-refractivity contribution is 0.982. The van der Waals surface area contributed by atoms with E-state index >= 15 is 0 Å². The molecule has 10 heavy (non-hydrogen) atoms. The van der Waals surface area contributed by atoms with Crippen molar-refractivity contribution in [3.8, 4) is 6.07 Å². The van der Waals surface area contributed by atoms with Gasteiger partial charge in [-0.05, 0) is 12.1 Å². The van der Waals surface area contributed by atoms with Crippen LogP contribution in [0.5, 0.6) is 0 Å². The maximum absolute atomic E-state index is 8.40. The van der Waals surface area contributed by atoms with Crippen molar-refractivity contribution in [1.29, 1.82) is 5.26 Å². The summed E-state index contributed by atoms with van der Waals surface area (Å²) in [7, 11) is 0. The van der Waals surface area contributed by atoms with Crippen molar-refractivity contribution in [3.05, 3.63) is 29.6 Å². The van der Waals surface area contributed by atoms with E-state index in [1.807, 2.05) is 6.07 Å². The first-order valence-electron chi connectivity index (χ1n) is 2.93. The maximum atomic E-state index is 8.40. The van der Waals surface area contributed by atoms with Gasteiger partial charge >= 0.3 is 0 Å². The molecule has 1 aromatic rings. The van der Waals surface area contributed by atoms with Crippen molar-refractivity contribution in [2.75, 3.05) is 0 Å². The average molecular weight is 133 g/mol. The molecule has 0 aliphatic carbocycles. The van der Waals surface area contributed by atoms with E-state index in [4.69, 9.17) is 11.0 Å². The molecule has 1 rings (SSSR count). The number of hydrogen-bond donors (Lipinski definition) is 1. The molecule has 0 amide bonds. The Kier molecular flexibility index (Phi) is 1.98. The Morgan fingerprint density at radius 2 is 2.40 bits per heavy atom. The fourth-order valence-corrected chi connectivity index (χ4v) is 0.656. The highest BCUT2D eigenvalue weighted by Crippen LogP contribution is 1.95. The van der Waals surface area contributed by atoms with Gasteiger partial charge in [0.1, 0.15) is 11.8 Å². The Labute approximate surface area is 59.1 Å². The fraction of sp³-hybridized carbons (Fsp3) is 0.143. The summed E-state index contributed by atoms with van der Waals surface area (Å²) in [5, 5.41) is 8.40. The summed E-state index contributed by atoms with van der Waals surface area (Å²) in [6.45, 7) is 0.384. The summed E-state index contributed by atoms with van der Waals surface area (Å²) in [6.07, 6.45) is 0. The molecule has 0 aliphatic heterocycles. The zero-order valence-corrected chi connectivity index (χ0v) is 5.41. The first kappa shape index (κ1) is 6.72. The van der Waals surface area contributed by atoms with Gasteiger partial charge in [-0.2, -0.15) is 5.26 Å². The smallest absolute Gasteiger partial charge is 0.140 e. The van der Waals surface area contributed by atoms with Crippen LogP contribution < -0.4 is 5.73 Å². The van der Waals surface area contributed by atoms with Gasteiger partial charge in [0.15, 0.2) is 0 Å². The van der Waals surface area contributed by atoms with Gasteiger partial charge in [-0.25, -0.2) is 4.98 Å². The van der Waals surface area contributed by atoms with Crippen LogP contribution in [-0.2, 0) is 6.54 Å². The van der Waals surface area contributed by atoms with Crippen LogP contribution in [-0.4, -0.2) is 4.98 Å². The van der Waals surface area contributed by atoms with Crippen molar-refractivity contribution in [2.24, 2.45) is 5.73 Å². The Morgan fingerprint density at radius 3 is 3.00 bits per heavy atom. The third-order valence-electron chi connectivity index (χ3n) is 1.13. The predicted octanol–water partition coefficient (Wildman–Crippen LogP) is 0.412. The first-order chi connectivity index (χ1) is 4.86. The van der Waals surface area contributed by atoms with E-state index in [9.17, 15) is 0 Å². The van der Waals surface area contributed by atoms with Gasteiger partial charge < -0.3 is 5.73 Å². The zero-order chi connectivity index (χ0) is 7.40. The molecule has 1 heterocycles. The number of aromatic nitrogens is 1. The van der Waals surface area contributed by atoms with Crippen molar-refractivity contribution in [2.45, 2.75) is 6.54 Å². The zero-order valence-electron chi connectivity index (χ0n) is 5.41. The quantitative estimate of drug-likeness (QED) is 0.603. The molecule has 3 nitrogen and oxygen atoms in total. The van der Waals surface area contributed by atoms with Gasteiger partial charge in [0.05, 0.1) is 5.69 Å². The first-order valence-corrected chi connectivity index (χ1v) is 2.93. The summed E-state index contributed by atoms with van der Waals surface area (Å²) >= 11 is 0. The van der Waals surface area contributed by atoms with Crippen LogP contribution in [0, 0.1) is 11.3 Å². The van der Waals surface area contributed by atoms with Crippen molar-refractivity contribution in [1.82, 2.24) is 4.98 Å². The van der Waals surface area contributed by atoms with E-state index in [0.717, 1.165) is 5.69 Å². The minimum atomic E-state index is 0.384. The Balaban J connectivity index is 3.01. The molecule has 1 aromatic heterocycles. The summed E-state index contributed by atoms with van der Waals surface area (Å²) in [4.78, 5) is 3.92. The van der Waals surface area contributed by atoms with Gasteiger partial charge in [-0.1, -0.05) is 6.07 Å². The molecular weight excluding hydrogens is 126 g/mol. The molecule has 3 heteroatoms. The van der Waals surface area contributed by atoms with E-state index in [2.05, 4.69) is 4.98 Å². The van der Waals surface area contributed by atoms with E-state index < -0.39 is 0 Å². The monoisotopic (exact) mass is 133 g/mol. The molecule has 2 N–H and O–H groups in total. The number of hydrogen-bond acceptors (Lipinski definition) is 3. The second-order valence-corrected chi connectivity index (χ2v) is 1.83. The van der Waals surface area contributed by atoms with Crippen LogP contribution >= 0.6 is 0 Å². The van der Waals surface area contributed by atoms with Crippen LogP contribution in [0.4, 0.5) is 0 Å². The highest BCUT2D eigenvalue weighted by Gasteiger charge is 1.91. The molecule has 0 saturated heterocycles. The Hall–Kier alpha value is -1.40. The minimum absolute atomic E-state index is 0.384. The SMILES string of the molecule is N#Cc1cccc(CN)n1. The maximum Gasteiger partial charge on any atom is 0.140 e. The normalized spacial score (nSPS) is 8.80. The minimum Gasteiger partial charge on any atom is -0.325 e. The Bertz CT molecular complexity index is 262. The lowest BCUT2D eigenvalue weighted by Gasteiger charge is -1.92. The summed E-state index contributed by atoms with van der Waals surface area (Å²) in [5.74, 6) is 0. The predicted molar refractivity (Wildman–Crippen MR) is 36.8 cm³/mol. The van der Waals surface area contributed by atoms with Crippen LogP contribution in [0.2, 0.25) is 0 Å². The molecule has 0 saturated carbocycles. The van der Waals surface area contributed by atoms with Crippen molar-refractivity contribution >= 4 is 0 Å². The number of pyridine rings is 1. The van der Waals surface area contributed by atoms with E-state index in [-0.39, 0.29) is 0 Å². The molecule has 0 atom stereocenters. The van der Waals surface area contributed by atoms with Gasteiger partial charge in [-0.15, -0.1) is 0 Å². The van der Waals surface area contributed by atoms with E-state index in [1.54, 1.807) is 18.2 Å². The largest absolute Gasteiger partial charge is 0.325 e. The second-order valence-electron chi connectivity index (χ2n) is 1.83. The van der Waals surface area contributed by atoms with Gasteiger partial charge in [0.2, 0.25) is 0 Å². The van der Waals surface area contributed by atoms with Crippen LogP contribution in [0.15, 0.2) is 18.2 Å². The number of rotatable bonds is 1. The molecule has 0 aromatic carbocycles. The molecule has 0 radical (unpaired) electrons. The van der Waals surface area contributed by atoms with Crippen LogP contribution in [0.25, 0.3) is 0 Å². The lowest BCUT2D eigenvalue weighted by Crippen LogP contribution is -1.99.